The standard InChI is InChI=1S/C14H22ClNO/c1-11(2)17-13-7-5-12(6-8-13)14(3,4)9-16-10-15/h5-8,11,16H,9-10H2,1-4H3. The van der Waals surface area contributed by atoms with E-state index in [0.717, 1.165) is 12.3 Å². The molecular weight excluding hydrogens is 234 g/mol. The minimum Gasteiger partial charge on any atom is -0.491 e. The average molecular weight is 256 g/mol. The van der Waals surface area contributed by atoms with Crippen molar-refractivity contribution >= 4 is 11.6 Å². The van der Waals surface area contributed by atoms with Crippen LogP contribution in [0.3, 0.4) is 0 Å². The van der Waals surface area contributed by atoms with Crippen LogP contribution in [0, 0.1) is 0 Å². The van der Waals surface area contributed by atoms with Crippen molar-refractivity contribution in [3.05, 3.63) is 29.8 Å². The maximum atomic E-state index is 5.65. The van der Waals surface area contributed by atoms with E-state index in [2.05, 4.69) is 31.3 Å². The zero-order valence-electron chi connectivity index (χ0n) is 11.1. The van der Waals surface area contributed by atoms with Crippen LogP contribution in [0.5, 0.6) is 5.75 Å². The summed E-state index contributed by atoms with van der Waals surface area (Å²) in [6.07, 6.45) is 0.215. The van der Waals surface area contributed by atoms with Gasteiger partial charge in [-0.2, -0.15) is 0 Å². The summed E-state index contributed by atoms with van der Waals surface area (Å²) in [6, 6.07) is 8.77. The first-order valence-electron chi connectivity index (χ1n) is 5.99. The van der Waals surface area contributed by atoms with E-state index in [1.54, 1.807) is 0 Å². The molecule has 0 saturated heterocycles. The SMILES string of the molecule is CC(C)Oc1ccc(C(C)(C)CNCCl)cc1. The molecule has 0 heterocycles. The van der Waals surface area contributed by atoms with Crippen LogP contribution >= 0.6 is 11.6 Å². The van der Waals surface area contributed by atoms with Crippen LogP contribution in [-0.2, 0) is 5.41 Å². The van der Waals surface area contributed by atoms with Crippen molar-refractivity contribution in [1.82, 2.24) is 5.32 Å². The zero-order chi connectivity index (χ0) is 12.9. The molecule has 96 valence electrons. The monoisotopic (exact) mass is 255 g/mol. The fourth-order valence-electron chi connectivity index (χ4n) is 1.72. The molecule has 1 rings (SSSR count). The van der Waals surface area contributed by atoms with Gasteiger partial charge in [-0.3, -0.25) is 0 Å². The number of nitrogens with one attached hydrogen (secondary N) is 1. The minimum absolute atomic E-state index is 0.0747. The third-order valence-electron chi connectivity index (χ3n) is 2.67. The van der Waals surface area contributed by atoms with Gasteiger partial charge in [0.05, 0.1) is 12.1 Å². The van der Waals surface area contributed by atoms with Crippen LogP contribution < -0.4 is 10.1 Å². The molecule has 0 aliphatic carbocycles. The molecule has 17 heavy (non-hydrogen) atoms. The van der Waals surface area contributed by atoms with Gasteiger partial charge in [0.1, 0.15) is 5.75 Å². The highest BCUT2D eigenvalue weighted by molar-refractivity contribution is 6.17. The van der Waals surface area contributed by atoms with Gasteiger partial charge in [-0.25, -0.2) is 0 Å². The maximum Gasteiger partial charge on any atom is 0.119 e. The molecule has 1 aromatic rings. The van der Waals surface area contributed by atoms with Crippen LogP contribution in [0.2, 0.25) is 0 Å². The quantitative estimate of drug-likeness (QED) is 0.620. The second-order valence-corrected chi connectivity index (χ2v) is 5.40. The molecule has 2 nitrogen and oxygen atoms in total. The van der Waals surface area contributed by atoms with Gasteiger partial charge >= 0.3 is 0 Å². The Morgan fingerprint density at radius 1 is 1.24 bits per heavy atom. The fraction of sp³-hybridized carbons (Fsp3) is 0.571. The third-order valence-corrected chi connectivity index (χ3v) is 2.86. The lowest BCUT2D eigenvalue weighted by molar-refractivity contribution is 0.242. The second kappa shape index (κ2) is 6.27. The van der Waals surface area contributed by atoms with Gasteiger partial charge in [0.15, 0.2) is 0 Å². The molecule has 0 amide bonds. The first kappa shape index (κ1) is 14.3. The van der Waals surface area contributed by atoms with E-state index in [9.17, 15) is 0 Å². The Labute approximate surface area is 109 Å². The number of rotatable bonds is 6. The molecule has 0 aliphatic heterocycles. The van der Waals surface area contributed by atoms with Crippen molar-refractivity contribution in [2.75, 3.05) is 12.5 Å². The Hall–Kier alpha value is -0.730. The Morgan fingerprint density at radius 3 is 2.29 bits per heavy atom. The molecule has 0 fully saturated rings. The molecular formula is C14H22ClNO. The van der Waals surface area contributed by atoms with Crippen LogP contribution in [0.4, 0.5) is 0 Å². The predicted molar refractivity (Wildman–Crippen MR) is 74.0 cm³/mol. The molecule has 0 radical (unpaired) electrons. The summed E-state index contributed by atoms with van der Waals surface area (Å²) < 4.78 is 5.63. The highest BCUT2D eigenvalue weighted by atomic mass is 35.5. The third kappa shape index (κ3) is 4.57. The fourth-order valence-corrected chi connectivity index (χ4v) is 1.81. The summed E-state index contributed by atoms with van der Waals surface area (Å²) in [6.45, 7) is 9.32. The summed E-state index contributed by atoms with van der Waals surface area (Å²) in [5.41, 5.74) is 1.36. The number of hydrogen-bond acceptors (Lipinski definition) is 2. The van der Waals surface area contributed by atoms with E-state index in [0.29, 0.717) is 6.00 Å². The van der Waals surface area contributed by atoms with E-state index in [1.807, 2.05) is 26.0 Å². The van der Waals surface area contributed by atoms with Gasteiger partial charge < -0.3 is 10.1 Å². The van der Waals surface area contributed by atoms with Crippen LogP contribution in [0.15, 0.2) is 24.3 Å². The number of alkyl halides is 1. The topological polar surface area (TPSA) is 21.3 Å². The zero-order valence-corrected chi connectivity index (χ0v) is 11.8. The predicted octanol–water partition coefficient (Wildman–Crippen LogP) is 3.54. The number of halogens is 1. The molecule has 0 spiro atoms. The van der Waals surface area contributed by atoms with E-state index in [1.165, 1.54) is 5.56 Å². The van der Waals surface area contributed by atoms with Gasteiger partial charge in [0.25, 0.3) is 0 Å². The number of benzene rings is 1. The van der Waals surface area contributed by atoms with Crippen molar-refractivity contribution in [2.45, 2.75) is 39.2 Å². The van der Waals surface area contributed by atoms with E-state index in [4.69, 9.17) is 16.3 Å². The van der Waals surface area contributed by atoms with Crippen molar-refractivity contribution in [1.29, 1.82) is 0 Å². The molecule has 1 aromatic carbocycles. The maximum absolute atomic E-state index is 5.65. The largest absolute Gasteiger partial charge is 0.491 e. The lowest BCUT2D eigenvalue weighted by Gasteiger charge is -2.25. The van der Waals surface area contributed by atoms with Crippen LogP contribution in [-0.4, -0.2) is 18.7 Å². The van der Waals surface area contributed by atoms with Crippen molar-refractivity contribution < 1.29 is 4.74 Å². The highest BCUT2D eigenvalue weighted by Crippen LogP contribution is 2.24. The summed E-state index contributed by atoms with van der Waals surface area (Å²) >= 11 is 5.65. The number of ether oxygens (including phenoxy) is 1. The van der Waals surface area contributed by atoms with Gasteiger partial charge in [-0.15, -0.1) is 11.6 Å². The van der Waals surface area contributed by atoms with Gasteiger partial charge in [-0.1, -0.05) is 26.0 Å². The minimum atomic E-state index is 0.0747. The van der Waals surface area contributed by atoms with Crippen LogP contribution in [0.1, 0.15) is 33.3 Å². The Kier molecular flexibility index (Phi) is 5.29. The lowest BCUT2D eigenvalue weighted by Crippen LogP contribution is -2.32. The average Bonchev–Trinajstić information content (AvgIpc) is 2.26. The molecule has 0 unspecified atom stereocenters. The molecule has 1 N–H and O–H groups in total. The van der Waals surface area contributed by atoms with Crippen molar-refractivity contribution in [2.24, 2.45) is 0 Å². The summed E-state index contributed by atoms with van der Waals surface area (Å²) in [5.74, 6) is 0.921. The second-order valence-electron chi connectivity index (χ2n) is 5.14. The molecule has 0 aliphatic rings. The van der Waals surface area contributed by atoms with Gasteiger partial charge in [0, 0.05) is 12.0 Å². The van der Waals surface area contributed by atoms with Crippen molar-refractivity contribution in [3.8, 4) is 5.75 Å². The Morgan fingerprint density at radius 2 is 1.82 bits per heavy atom. The Balaban J connectivity index is 2.72. The molecule has 0 bridgehead atoms. The molecule has 3 heteroatoms. The van der Waals surface area contributed by atoms with Crippen LogP contribution in [0.25, 0.3) is 0 Å². The van der Waals surface area contributed by atoms with Crippen molar-refractivity contribution in [3.63, 3.8) is 0 Å². The Bertz CT molecular complexity index is 333. The summed E-state index contributed by atoms with van der Waals surface area (Å²) in [4.78, 5) is 0. The first-order chi connectivity index (χ1) is 7.95. The molecule has 0 atom stereocenters. The summed E-state index contributed by atoms with van der Waals surface area (Å²) in [5, 5.41) is 3.17. The van der Waals surface area contributed by atoms with E-state index < -0.39 is 0 Å². The van der Waals surface area contributed by atoms with E-state index >= 15 is 0 Å². The van der Waals surface area contributed by atoms with Gasteiger partial charge in [-0.05, 0) is 31.5 Å². The van der Waals surface area contributed by atoms with Gasteiger partial charge in [0.2, 0.25) is 0 Å². The highest BCUT2D eigenvalue weighted by Gasteiger charge is 2.19. The number of hydrogen-bond donors (Lipinski definition) is 1. The first-order valence-corrected chi connectivity index (χ1v) is 6.53. The smallest absolute Gasteiger partial charge is 0.119 e. The van der Waals surface area contributed by atoms with E-state index in [-0.39, 0.29) is 11.5 Å². The molecule has 0 saturated carbocycles. The normalized spacial score (nSPS) is 11.9. The lowest BCUT2D eigenvalue weighted by atomic mass is 9.84. The summed E-state index contributed by atoms with van der Waals surface area (Å²) in [7, 11) is 0. The molecule has 0 aromatic heterocycles.